The number of hydrazone groups is 1. The van der Waals surface area contributed by atoms with E-state index in [0.717, 1.165) is 24.4 Å². The van der Waals surface area contributed by atoms with Crippen LogP contribution in [0, 0.1) is 10.1 Å². The first-order chi connectivity index (χ1) is 11.3. The summed E-state index contributed by atoms with van der Waals surface area (Å²) in [5.41, 5.74) is 2.36. The number of furan rings is 1. The molecular weight excluding hydrogens is 410 g/mol. The van der Waals surface area contributed by atoms with Crippen LogP contribution < -0.4 is 48.7 Å². The number of anilines is 1. The minimum absolute atomic E-state index is 0. The Balaban J connectivity index is 0.00000312. The Kier molecular flexibility index (Phi) is 7.61. The number of carbonyl (C=O) groups excluding carboxylic acids is 1. The van der Waals surface area contributed by atoms with Crippen molar-refractivity contribution >= 4 is 42.3 Å². The van der Waals surface area contributed by atoms with Gasteiger partial charge in [-0.25, -0.2) is 0 Å². The number of urea groups is 1. The first kappa shape index (κ1) is 21.2. The van der Waals surface area contributed by atoms with Crippen molar-refractivity contribution in [3.05, 3.63) is 52.3 Å². The molecule has 0 saturated heterocycles. The Labute approximate surface area is 165 Å². The molecule has 0 bridgehead atoms. The molecular formula is C12H10AsN4NaO7. The monoisotopic (exact) mass is 420 g/mol. The van der Waals surface area contributed by atoms with E-state index in [0.29, 0.717) is 0 Å². The Morgan fingerprint density at radius 3 is 2.44 bits per heavy atom. The van der Waals surface area contributed by atoms with Crippen molar-refractivity contribution in [2.45, 2.75) is 0 Å². The summed E-state index contributed by atoms with van der Waals surface area (Å²) in [6, 6.07) is 6.58. The van der Waals surface area contributed by atoms with Crippen molar-refractivity contribution < 1.29 is 55.6 Å². The maximum atomic E-state index is 11.6. The Morgan fingerprint density at radius 2 is 1.92 bits per heavy atom. The molecule has 1 heterocycles. The number of nitrogens with zero attached hydrogens (tertiary/aromatic N) is 2. The van der Waals surface area contributed by atoms with E-state index in [-0.39, 0.29) is 45.4 Å². The number of carbonyl (C=O) groups is 1. The quantitative estimate of drug-likeness (QED) is 0.193. The second-order valence-electron chi connectivity index (χ2n) is 4.32. The first-order valence-electron chi connectivity index (χ1n) is 6.24. The molecule has 1 unspecified atom stereocenters. The number of nitrogens with one attached hydrogen (secondary N) is 2. The molecule has 3 N–H and O–H groups in total. The van der Waals surface area contributed by atoms with Crippen molar-refractivity contribution in [3.63, 3.8) is 0 Å². The first-order valence-corrected chi connectivity index (χ1v) is 9.55. The van der Waals surface area contributed by atoms with E-state index in [1.54, 1.807) is 0 Å². The molecule has 0 aliphatic carbocycles. The van der Waals surface area contributed by atoms with E-state index >= 15 is 0 Å². The summed E-state index contributed by atoms with van der Waals surface area (Å²) < 4.78 is 35.4. The zero-order chi connectivity index (χ0) is 17.7. The molecule has 25 heavy (non-hydrogen) atoms. The summed E-state index contributed by atoms with van der Waals surface area (Å²) in [6.07, 6.45) is 1.07. The summed E-state index contributed by atoms with van der Waals surface area (Å²) in [7, 11) is 0. The van der Waals surface area contributed by atoms with Gasteiger partial charge < -0.3 is 0 Å². The van der Waals surface area contributed by atoms with Gasteiger partial charge in [0.05, 0.1) is 0 Å². The number of rotatable bonds is 5. The van der Waals surface area contributed by atoms with Crippen molar-refractivity contribution in [3.8, 4) is 0 Å². The number of hydrogen-bond acceptors (Lipinski definition) is 7. The zero-order valence-corrected chi connectivity index (χ0v) is 16.7. The average Bonchev–Trinajstić information content (AvgIpc) is 2.96. The molecule has 0 radical (unpaired) electrons. The second kappa shape index (κ2) is 8.99. The summed E-state index contributed by atoms with van der Waals surface area (Å²) in [4.78, 5) is 21.3. The molecule has 2 amide bonds. The van der Waals surface area contributed by atoms with Crippen molar-refractivity contribution in [1.82, 2.24) is 5.43 Å². The average molecular weight is 420 g/mol. The molecule has 126 valence electrons. The van der Waals surface area contributed by atoms with Gasteiger partial charge in [0.2, 0.25) is 0 Å². The van der Waals surface area contributed by atoms with Gasteiger partial charge in [-0.15, -0.1) is 0 Å². The van der Waals surface area contributed by atoms with Crippen LogP contribution in [0.2, 0.25) is 0 Å². The van der Waals surface area contributed by atoms with Crippen LogP contribution in [-0.4, -0.2) is 35.4 Å². The van der Waals surface area contributed by atoms with E-state index in [1.807, 2.05) is 0 Å². The van der Waals surface area contributed by atoms with Crippen molar-refractivity contribution in [1.29, 1.82) is 0 Å². The zero-order valence-electron chi connectivity index (χ0n) is 12.8. The topological polar surface area (TPSA) is 170 Å². The maximum Gasteiger partial charge on any atom is 1.00 e. The molecule has 2 aromatic rings. The minimum Gasteiger partial charge on any atom is 1.00 e. The van der Waals surface area contributed by atoms with Gasteiger partial charge in [-0.05, 0) is 0 Å². The van der Waals surface area contributed by atoms with E-state index in [4.69, 9.17) is 8.51 Å². The fourth-order valence-corrected chi connectivity index (χ4v) is 2.66. The summed E-state index contributed by atoms with van der Waals surface area (Å²) in [6.45, 7) is 0. The molecule has 1 aromatic heterocycles. The Morgan fingerprint density at radius 1 is 1.28 bits per heavy atom. The van der Waals surface area contributed by atoms with E-state index < -0.39 is 31.0 Å². The summed E-state index contributed by atoms with van der Waals surface area (Å²) >= 11 is -5.21. The van der Waals surface area contributed by atoms with Crippen LogP contribution in [0.15, 0.2) is 45.9 Å². The minimum atomic E-state index is -5.21. The van der Waals surface area contributed by atoms with Gasteiger partial charge in [0.15, 0.2) is 0 Å². The van der Waals surface area contributed by atoms with Crippen LogP contribution in [0.5, 0.6) is 0 Å². The number of hydrogen-bond donors (Lipinski definition) is 3. The normalized spacial score (nSPS) is 12.9. The molecule has 11 nitrogen and oxygen atoms in total. The molecule has 0 fully saturated rings. The SMILES string of the molecule is O=C(N/N=C/c1ccc([N+](=O)[O-])o1)Nc1ccc([As](=O)([O-])O)cc1.[Na+]. The molecule has 0 aliphatic heterocycles. The predicted octanol–water partition coefficient (Wildman–Crippen LogP) is -3.72. The van der Waals surface area contributed by atoms with Gasteiger partial charge in [0.1, 0.15) is 4.92 Å². The van der Waals surface area contributed by atoms with Crippen LogP contribution in [-0.2, 0) is 3.74 Å². The molecule has 0 aliphatic rings. The fourth-order valence-electron chi connectivity index (χ4n) is 1.56. The summed E-state index contributed by atoms with van der Waals surface area (Å²) in [5.74, 6) is -0.384. The third-order valence-corrected chi connectivity index (χ3v) is 4.60. The Hall–Kier alpha value is -1.88. The van der Waals surface area contributed by atoms with Gasteiger partial charge >= 0.3 is 151 Å². The molecule has 0 saturated carbocycles. The van der Waals surface area contributed by atoms with Crippen LogP contribution in [0.4, 0.5) is 16.4 Å². The number of benzene rings is 1. The molecule has 2 rings (SSSR count). The molecule has 1 atom stereocenters. The van der Waals surface area contributed by atoms with Gasteiger partial charge in [0, 0.05) is 0 Å². The maximum absolute atomic E-state index is 11.6. The van der Waals surface area contributed by atoms with E-state index in [9.17, 15) is 22.7 Å². The van der Waals surface area contributed by atoms with E-state index in [1.165, 1.54) is 18.2 Å². The third-order valence-electron chi connectivity index (χ3n) is 2.60. The number of amides is 2. The molecule has 0 spiro atoms. The second-order valence-corrected chi connectivity index (χ2v) is 7.59. The third kappa shape index (κ3) is 6.50. The Bertz CT molecular complexity index is 830. The van der Waals surface area contributed by atoms with Gasteiger partial charge in [-0.1, -0.05) is 0 Å². The molecule has 13 heteroatoms. The van der Waals surface area contributed by atoms with Crippen molar-refractivity contribution in [2.75, 3.05) is 5.32 Å². The van der Waals surface area contributed by atoms with Crippen LogP contribution in [0.25, 0.3) is 0 Å². The van der Waals surface area contributed by atoms with Crippen LogP contribution in [0.3, 0.4) is 0 Å². The standard InChI is InChI=1S/C12H11AsN4O7.Na/c18-12(15-9-3-1-8(2-4-9)13(19,20)21)16-14-7-10-5-6-11(24-10)17(22)23;/h1-7H,(H2,15,16,18)(H2,19,20,21);/q;+1/p-1/b14-7+;. The smallest absolute Gasteiger partial charge is 1.00 e. The van der Waals surface area contributed by atoms with E-state index in [2.05, 4.69) is 15.8 Å². The molecule has 1 aromatic carbocycles. The van der Waals surface area contributed by atoms with Gasteiger partial charge in [0.25, 0.3) is 0 Å². The van der Waals surface area contributed by atoms with Gasteiger partial charge in [-0.2, -0.15) is 0 Å². The van der Waals surface area contributed by atoms with Gasteiger partial charge in [-0.3, -0.25) is 10.1 Å². The van der Waals surface area contributed by atoms with Crippen LogP contribution >= 0.6 is 0 Å². The number of nitro groups is 1. The largest absolute Gasteiger partial charge is 1.00 e. The fraction of sp³-hybridized carbons (Fsp3) is 0. The summed E-state index contributed by atoms with van der Waals surface area (Å²) in [5, 5.41) is 16.3. The van der Waals surface area contributed by atoms with Crippen LogP contribution in [0.1, 0.15) is 5.76 Å². The predicted molar refractivity (Wildman–Crippen MR) is 79.8 cm³/mol. The van der Waals surface area contributed by atoms with Crippen molar-refractivity contribution in [2.24, 2.45) is 5.10 Å².